The number of nitrogens with one attached hydrogen (secondary N) is 1. The van der Waals surface area contributed by atoms with Crippen LogP contribution in [0.2, 0.25) is 0 Å². The number of methoxy groups -OCH3 is 1. The van der Waals surface area contributed by atoms with Gasteiger partial charge in [0.1, 0.15) is 0 Å². The van der Waals surface area contributed by atoms with Crippen LogP contribution in [-0.2, 0) is 11.3 Å². The van der Waals surface area contributed by atoms with Gasteiger partial charge in [-0.1, -0.05) is 29.8 Å². The van der Waals surface area contributed by atoms with E-state index < -0.39 is 0 Å². The van der Waals surface area contributed by atoms with Crippen molar-refractivity contribution in [2.45, 2.75) is 45.4 Å². The fourth-order valence-corrected chi connectivity index (χ4v) is 3.06. The van der Waals surface area contributed by atoms with Gasteiger partial charge in [0.15, 0.2) is 0 Å². The summed E-state index contributed by atoms with van der Waals surface area (Å²) >= 11 is 3.58. The maximum Gasteiger partial charge on any atom is 0.0605 e. The van der Waals surface area contributed by atoms with Gasteiger partial charge < -0.3 is 15.0 Å². The number of benzene rings is 1. The van der Waals surface area contributed by atoms with Gasteiger partial charge in [-0.05, 0) is 36.6 Å². The normalized spacial score (nSPS) is 16.9. The van der Waals surface area contributed by atoms with Crippen LogP contribution < -0.4 is 10.2 Å². The van der Waals surface area contributed by atoms with Crippen LogP contribution in [0, 0.1) is 0 Å². The Morgan fingerprint density at radius 3 is 2.65 bits per heavy atom. The van der Waals surface area contributed by atoms with Crippen LogP contribution in [-0.4, -0.2) is 32.3 Å². The smallest absolute Gasteiger partial charge is 0.0605 e. The van der Waals surface area contributed by atoms with Crippen LogP contribution in [0.4, 0.5) is 5.69 Å². The van der Waals surface area contributed by atoms with E-state index in [1.54, 1.807) is 0 Å². The van der Waals surface area contributed by atoms with Gasteiger partial charge in [0, 0.05) is 42.9 Å². The first-order valence-electron chi connectivity index (χ1n) is 7.39. The summed E-state index contributed by atoms with van der Waals surface area (Å²) < 4.78 is 6.60. The molecule has 0 bridgehead atoms. The fourth-order valence-electron chi connectivity index (χ4n) is 2.65. The summed E-state index contributed by atoms with van der Waals surface area (Å²) in [5.74, 6) is 0. The zero-order chi connectivity index (χ0) is 14.5. The summed E-state index contributed by atoms with van der Waals surface area (Å²) in [6.07, 6.45) is 2.66. The molecule has 0 amide bonds. The Kier molecular flexibility index (Phi) is 5.87. The van der Waals surface area contributed by atoms with Crippen LogP contribution in [0.15, 0.2) is 22.7 Å². The van der Waals surface area contributed by atoms with Crippen LogP contribution in [0.1, 0.15) is 32.3 Å². The van der Waals surface area contributed by atoms with Crippen molar-refractivity contribution in [3.05, 3.63) is 28.2 Å². The van der Waals surface area contributed by atoms with Gasteiger partial charge in [0.2, 0.25) is 0 Å². The molecule has 0 radical (unpaired) electrons. The molecular formula is C16H25BrN2O. The van der Waals surface area contributed by atoms with E-state index in [2.05, 4.69) is 58.2 Å². The Morgan fingerprint density at radius 1 is 1.35 bits per heavy atom. The predicted octanol–water partition coefficient (Wildman–Crippen LogP) is 3.56. The number of halogens is 1. The fraction of sp³-hybridized carbons (Fsp3) is 0.625. The molecule has 20 heavy (non-hydrogen) atoms. The van der Waals surface area contributed by atoms with Crippen molar-refractivity contribution in [1.29, 1.82) is 0 Å². The molecule has 0 aromatic heterocycles. The van der Waals surface area contributed by atoms with Crippen molar-refractivity contribution in [3.63, 3.8) is 0 Å². The Labute approximate surface area is 130 Å². The molecule has 1 aliphatic heterocycles. The van der Waals surface area contributed by atoms with Gasteiger partial charge in [-0.2, -0.15) is 0 Å². The highest BCUT2D eigenvalue weighted by atomic mass is 79.9. The first kappa shape index (κ1) is 15.8. The number of nitrogens with zero attached hydrogens (tertiary/aromatic N) is 1. The zero-order valence-corrected chi connectivity index (χ0v) is 14.2. The lowest BCUT2D eigenvalue weighted by atomic mass is 10.0. The maximum atomic E-state index is 5.46. The quantitative estimate of drug-likeness (QED) is 0.886. The van der Waals surface area contributed by atoms with Gasteiger partial charge in [-0.25, -0.2) is 0 Å². The molecule has 0 spiro atoms. The minimum atomic E-state index is 0.430. The molecule has 1 fully saturated rings. The van der Waals surface area contributed by atoms with Crippen LogP contribution in [0.3, 0.4) is 0 Å². The molecule has 0 aliphatic carbocycles. The molecule has 112 valence electrons. The first-order valence-corrected chi connectivity index (χ1v) is 8.19. The van der Waals surface area contributed by atoms with E-state index in [1.807, 2.05) is 7.11 Å². The Balaban J connectivity index is 2.10. The number of hydrogen-bond donors (Lipinski definition) is 1. The lowest BCUT2D eigenvalue weighted by Gasteiger charge is -2.34. The number of anilines is 1. The standard InChI is InChI=1S/C16H25BrN2O/c1-12(2)18-11-13-10-14(17)4-5-16(13)19-8-6-15(20-3)7-9-19/h4-5,10,12,15,18H,6-9,11H2,1-3H3. The van der Waals surface area contributed by atoms with E-state index >= 15 is 0 Å². The number of rotatable bonds is 5. The summed E-state index contributed by atoms with van der Waals surface area (Å²) in [7, 11) is 1.82. The van der Waals surface area contributed by atoms with E-state index in [1.165, 1.54) is 11.3 Å². The molecule has 0 unspecified atom stereocenters. The SMILES string of the molecule is COC1CCN(c2ccc(Br)cc2CNC(C)C)CC1. The van der Waals surface area contributed by atoms with Crippen molar-refractivity contribution >= 4 is 21.6 Å². The summed E-state index contributed by atoms with van der Waals surface area (Å²) in [6.45, 7) is 7.43. The second-order valence-corrected chi connectivity index (χ2v) is 6.65. The van der Waals surface area contributed by atoms with Crippen molar-refractivity contribution in [2.24, 2.45) is 0 Å². The number of piperidine rings is 1. The largest absolute Gasteiger partial charge is 0.381 e. The molecule has 1 aromatic carbocycles. The van der Waals surface area contributed by atoms with Crippen molar-refractivity contribution < 1.29 is 4.74 Å². The Morgan fingerprint density at radius 2 is 2.05 bits per heavy atom. The molecule has 1 N–H and O–H groups in total. The molecule has 3 nitrogen and oxygen atoms in total. The lowest BCUT2D eigenvalue weighted by molar-refractivity contribution is 0.0819. The molecule has 1 saturated heterocycles. The molecular weight excluding hydrogens is 316 g/mol. The highest BCUT2D eigenvalue weighted by molar-refractivity contribution is 9.10. The van der Waals surface area contributed by atoms with E-state index in [4.69, 9.17) is 4.74 Å². The second-order valence-electron chi connectivity index (χ2n) is 5.73. The number of ether oxygens (including phenoxy) is 1. The van der Waals surface area contributed by atoms with Gasteiger partial charge in [-0.3, -0.25) is 0 Å². The van der Waals surface area contributed by atoms with E-state index in [0.29, 0.717) is 12.1 Å². The highest BCUT2D eigenvalue weighted by Gasteiger charge is 2.20. The van der Waals surface area contributed by atoms with E-state index in [-0.39, 0.29) is 0 Å². The molecule has 1 heterocycles. The van der Waals surface area contributed by atoms with E-state index in [9.17, 15) is 0 Å². The minimum absolute atomic E-state index is 0.430. The molecule has 4 heteroatoms. The van der Waals surface area contributed by atoms with Crippen LogP contribution >= 0.6 is 15.9 Å². The van der Waals surface area contributed by atoms with Gasteiger partial charge in [-0.15, -0.1) is 0 Å². The average Bonchev–Trinajstić information content (AvgIpc) is 2.45. The maximum absolute atomic E-state index is 5.46. The third-order valence-corrected chi connectivity index (χ3v) is 4.35. The summed E-state index contributed by atoms with van der Waals surface area (Å²) in [5, 5.41) is 3.52. The third-order valence-electron chi connectivity index (χ3n) is 3.86. The monoisotopic (exact) mass is 340 g/mol. The number of hydrogen-bond acceptors (Lipinski definition) is 3. The van der Waals surface area contributed by atoms with Gasteiger partial charge >= 0.3 is 0 Å². The second kappa shape index (κ2) is 7.43. The summed E-state index contributed by atoms with van der Waals surface area (Å²) in [4.78, 5) is 2.49. The molecule has 0 atom stereocenters. The Bertz CT molecular complexity index is 428. The topological polar surface area (TPSA) is 24.5 Å². The minimum Gasteiger partial charge on any atom is -0.381 e. The highest BCUT2D eigenvalue weighted by Crippen LogP contribution is 2.27. The average molecular weight is 341 g/mol. The predicted molar refractivity (Wildman–Crippen MR) is 88.4 cm³/mol. The van der Waals surface area contributed by atoms with Gasteiger partial charge in [0.25, 0.3) is 0 Å². The molecule has 1 aromatic rings. The third kappa shape index (κ3) is 4.21. The molecule has 0 saturated carbocycles. The van der Waals surface area contributed by atoms with Crippen LogP contribution in [0.5, 0.6) is 0 Å². The van der Waals surface area contributed by atoms with Crippen molar-refractivity contribution in [2.75, 3.05) is 25.1 Å². The summed E-state index contributed by atoms with van der Waals surface area (Å²) in [6, 6.07) is 7.10. The van der Waals surface area contributed by atoms with Crippen LogP contribution in [0.25, 0.3) is 0 Å². The first-order chi connectivity index (χ1) is 9.60. The zero-order valence-electron chi connectivity index (χ0n) is 12.7. The van der Waals surface area contributed by atoms with Crippen molar-refractivity contribution in [3.8, 4) is 0 Å². The molecule has 1 aliphatic rings. The summed E-state index contributed by atoms with van der Waals surface area (Å²) in [5.41, 5.74) is 2.72. The van der Waals surface area contributed by atoms with Crippen molar-refractivity contribution in [1.82, 2.24) is 5.32 Å². The lowest BCUT2D eigenvalue weighted by Crippen LogP contribution is -2.37. The molecule has 2 rings (SSSR count). The Hall–Kier alpha value is -0.580. The van der Waals surface area contributed by atoms with Gasteiger partial charge in [0.05, 0.1) is 6.10 Å². The van der Waals surface area contributed by atoms with E-state index in [0.717, 1.165) is 36.9 Å².